The number of carbonyl (C=O) groups excluding carboxylic acids is 1. The molecule has 0 aliphatic heterocycles. The summed E-state index contributed by atoms with van der Waals surface area (Å²) in [5.74, 6) is -1.75. The maximum atomic E-state index is 14.2. The normalized spacial score (nSPS) is 10.8. The lowest BCUT2D eigenvalue weighted by molar-refractivity contribution is -0.106. The molecule has 1 aromatic heterocycles. The summed E-state index contributed by atoms with van der Waals surface area (Å²) >= 11 is 11.5. The van der Waals surface area contributed by atoms with Crippen LogP contribution in [-0.4, -0.2) is 11.3 Å². The lowest BCUT2D eigenvalue weighted by atomic mass is 10.0. The molecule has 138 valence electrons. The van der Waals surface area contributed by atoms with Crippen LogP contribution in [0.15, 0.2) is 18.2 Å². The summed E-state index contributed by atoms with van der Waals surface area (Å²) in [7, 11) is 0. The van der Waals surface area contributed by atoms with Gasteiger partial charge in [0.25, 0.3) is 0 Å². The Labute approximate surface area is 156 Å². The molecule has 0 fully saturated rings. The number of aryl methyl sites for hydroxylation is 1. The number of alkyl halides is 1. The first-order valence-corrected chi connectivity index (χ1v) is 8.34. The molecule has 0 amide bonds. The maximum absolute atomic E-state index is 14.2. The zero-order chi connectivity index (χ0) is 19.7. The minimum atomic E-state index is -1.58. The fourth-order valence-corrected chi connectivity index (χ4v) is 2.18. The highest BCUT2D eigenvalue weighted by atomic mass is 35.5. The number of hydrogen-bond donors (Lipinski definition) is 0. The van der Waals surface area contributed by atoms with E-state index in [1.165, 1.54) is 19.1 Å². The first kappa shape index (κ1) is 23.4. The van der Waals surface area contributed by atoms with Gasteiger partial charge in [0.05, 0.1) is 5.02 Å². The van der Waals surface area contributed by atoms with E-state index in [9.17, 15) is 13.2 Å². The molecule has 7 heteroatoms. The van der Waals surface area contributed by atoms with Crippen LogP contribution in [0.1, 0.15) is 45.0 Å². The first-order chi connectivity index (χ1) is 11.7. The second kappa shape index (κ2) is 11.1. The molecule has 1 atom stereocenters. The van der Waals surface area contributed by atoms with Gasteiger partial charge in [-0.1, -0.05) is 43.1 Å². The van der Waals surface area contributed by atoms with E-state index < -0.39 is 17.8 Å². The Balaban J connectivity index is 0.00000104. The lowest BCUT2D eigenvalue weighted by Gasteiger charge is -2.11. The van der Waals surface area contributed by atoms with E-state index in [4.69, 9.17) is 28.0 Å². The van der Waals surface area contributed by atoms with Crippen LogP contribution in [0.2, 0.25) is 10.2 Å². The number of benzene rings is 1. The smallest absolute Gasteiger partial charge is 0.155 e. The summed E-state index contributed by atoms with van der Waals surface area (Å²) in [6.45, 7) is 8.23. The molecule has 1 aromatic carbocycles. The topological polar surface area (TPSA) is 30.0 Å². The van der Waals surface area contributed by atoms with Gasteiger partial charge in [-0.3, -0.25) is 0 Å². The SMILES string of the molecule is CC.CC=O.Cc1ccc(-c2nc(Cl)cc(C(C)F)c2F)c(F)c1Cl. The molecular formula is C18H20Cl2F3NO. The number of halogens is 5. The van der Waals surface area contributed by atoms with Crippen LogP contribution in [0.5, 0.6) is 0 Å². The van der Waals surface area contributed by atoms with Crippen molar-refractivity contribution in [2.24, 2.45) is 0 Å². The van der Waals surface area contributed by atoms with Crippen molar-refractivity contribution in [3.05, 3.63) is 51.1 Å². The summed E-state index contributed by atoms with van der Waals surface area (Å²) in [5.41, 5.74) is -0.260. The van der Waals surface area contributed by atoms with Crippen molar-refractivity contribution in [3.8, 4) is 11.3 Å². The van der Waals surface area contributed by atoms with Crippen molar-refractivity contribution < 1.29 is 18.0 Å². The predicted molar refractivity (Wildman–Crippen MR) is 97.0 cm³/mol. The van der Waals surface area contributed by atoms with Crippen LogP contribution in [-0.2, 0) is 4.79 Å². The van der Waals surface area contributed by atoms with E-state index >= 15 is 0 Å². The molecule has 2 rings (SSSR count). The fourth-order valence-electron chi connectivity index (χ4n) is 1.81. The van der Waals surface area contributed by atoms with Gasteiger partial charge in [-0.15, -0.1) is 0 Å². The van der Waals surface area contributed by atoms with E-state index in [1.807, 2.05) is 13.8 Å². The molecule has 25 heavy (non-hydrogen) atoms. The van der Waals surface area contributed by atoms with Gasteiger partial charge in [0.15, 0.2) is 11.6 Å². The van der Waals surface area contributed by atoms with Crippen molar-refractivity contribution in [3.63, 3.8) is 0 Å². The molecule has 0 saturated carbocycles. The van der Waals surface area contributed by atoms with E-state index in [2.05, 4.69) is 4.98 Å². The number of pyridine rings is 1. The maximum Gasteiger partial charge on any atom is 0.155 e. The van der Waals surface area contributed by atoms with Gasteiger partial charge in [-0.25, -0.2) is 18.2 Å². The number of aromatic nitrogens is 1. The molecule has 0 aliphatic rings. The summed E-state index contributed by atoms with van der Waals surface area (Å²) in [4.78, 5) is 12.5. The number of rotatable bonds is 2. The highest BCUT2D eigenvalue weighted by Crippen LogP contribution is 2.34. The molecule has 0 saturated heterocycles. The van der Waals surface area contributed by atoms with Gasteiger partial charge < -0.3 is 4.79 Å². The van der Waals surface area contributed by atoms with Crippen molar-refractivity contribution in [1.29, 1.82) is 0 Å². The van der Waals surface area contributed by atoms with Crippen LogP contribution in [0.3, 0.4) is 0 Å². The van der Waals surface area contributed by atoms with E-state index in [0.29, 0.717) is 5.56 Å². The lowest BCUT2D eigenvalue weighted by Crippen LogP contribution is -2.00. The minimum Gasteiger partial charge on any atom is -0.304 e. The minimum absolute atomic E-state index is 0.114. The number of hydrogen-bond acceptors (Lipinski definition) is 2. The zero-order valence-corrected chi connectivity index (χ0v) is 16.1. The van der Waals surface area contributed by atoms with E-state index in [0.717, 1.165) is 19.3 Å². The second-order valence-electron chi connectivity index (χ2n) is 4.61. The third kappa shape index (κ3) is 6.01. The number of aldehydes is 1. The molecule has 1 heterocycles. The van der Waals surface area contributed by atoms with E-state index in [1.54, 1.807) is 6.92 Å². The van der Waals surface area contributed by atoms with Gasteiger partial charge in [0, 0.05) is 11.1 Å². The first-order valence-electron chi connectivity index (χ1n) is 7.59. The van der Waals surface area contributed by atoms with Gasteiger partial charge >= 0.3 is 0 Å². The Bertz CT molecular complexity index is 722. The van der Waals surface area contributed by atoms with Crippen LogP contribution < -0.4 is 0 Å². The Morgan fingerprint density at radius 3 is 2.16 bits per heavy atom. The fraction of sp³-hybridized carbons (Fsp3) is 0.333. The molecule has 0 bridgehead atoms. The van der Waals surface area contributed by atoms with Gasteiger partial charge in [-0.2, -0.15) is 0 Å². The molecule has 2 aromatic rings. The highest BCUT2D eigenvalue weighted by molar-refractivity contribution is 6.31. The third-order valence-corrected chi connectivity index (χ3v) is 3.57. The van der Waals surface area contributed by atoms with Crippen LogP contribution in [0.4, 0.5) is 13.2 Å². The Hall–Kier alpha value is -1.59. The predicted octanol–water partition coefficient (Wildman–Crippen LogP) is 6.90. The monoisotopic (exact) mass is 393 g/mol. The molecule has 1 unspecified atom stereocenters. The summed E-state index contributed by atoms with van der Waals surface area (Å²) < 4.78 is 41.7. The molecule has 0 spiro atoms. The Kier molecular flexibility index (Phi) is 10.4. The van der Waals surface area contributed by atoms with Crippen LogP contribution >= 0.6 is 23.2 Å². The molecule has 0 radical (unpaired) electrons. The summed E-state index contributed by atoms with van der Waals surface area (Å²) in [5, 5.41) is -0.240. The second-order valence-corrected chi connectivity index (χ2v) is 5.37. The quantitative estimate of drug-likeness (QED) is 0.410. The van der Waals surface area contributed by atoms with Crippen molar-refractivity contribution in [2.45, 2.75) is 40.8 Å². The standard InChI is InChI=1S/C14H10Cl2F3N.C2H4O.C2H6/c1-6-3-4-8(12(18)11(6)16)14-13(19)9(7(2)17)5-10(15)20-14;1-2-3;1-2/h3-5,7H,1-2H3;2H,1H3;1-2H3. The average Bonchev–Trinajstić information content (AvgIpc) is 2.57. The van der Waals surface area contributed by atoms with Crippen molar-refractivity contribution in [2.75, 3.05) is 0 Å². The Morgan fingerprint density at radius 2 is 1.68 bits per heavy atom. The van der Waals surface area contributed by atoms with Crippen molar-refractivity contribution in [1.82, 2.24) is 4.98 Å². The van der Waals surface area contributed by atoms with Crippen LogP contribution in [0, 0.1) is 18.6 Å². The number of nitrogens with zero attached hydrogens (tertiary/aromatic N) is 1. The van der Waals surface area contributed by atoms with E-state index in [-0.39, 0.29) is 27.0 Å². The van der Waals surface area contributed by atoms with Crippen LogP contribution in [0.25, 0.3) is 11.3 Å². The molecule has 0 aliphatic carbocycles. The molecular weight excluding hydrogens is 374 g/mol. The largest absolute Gasteiger partial charge is 0.304 e. The van der Waals surface area contributed by atoms with Gasteiger partial charge in [0.2, 0.25) is 0 Å². The third-order valence-electron chi connectivity index (χ3n) is 2.91. The van der Waals surface area contributed by atoms with Gasteiger partial charge in [-0.05, 0) is 38.5 Å². The number of carbonyl (C=O) groups is 1. The summed E-state index contributed by atoms with van der Waals surface area (Å²) in [6, 6.07) is 3.95. The van der Waals surface area contributed by atoms with Crippen molar-refractivity contribution >= 4 is 29.5 Å². The average molecular weight is 394 g/mol. The van der Waals surface area contributed by atoms with Gasteiger partial charge in [0.1, 0.15) is 23.3 Å². The zero-order valence-electron chi connectivity index (χ0n) is 14.6. The molecule has 2 nitrogen and oxygen atoms in total. The molecule has 0 N–H and O–H groups in total. The highest BCUT2D eigenvalue weighted by Gasteiger charge is 2.21. The summed E-state index contributed by atoms with van der Waals surface area (Å²) in [6.07, 6.45) is -0.835. The Morgan fingerprint density at radius 1 is 1.16 bits per heavy atom.